The molecule has 0 fully saturated rings. The molecule has 0 radical (unpaired) electrons. The van der Waals surface area contributed by atoms with Crippen LogP contribution >= 0.6 is 12.2 Å². The Bertz CT molecular complexity index is 177. The second-order valence-electron chi connectivity index (χ2n) is 4.05. The van der Waals surface area contributed by atoms with Crippen LogP contribution in [0.4, 0.5) is 0 Å². The van der Waals surface area contributed by atoms with Crippen LogP contribution in [0, 0.1) is 0 Å². The van der Waals surface area contributed by atoms with Crippen molar-refractivity contribution in [3.05, 3.63) is 0 Å². The molecule has 0 bridgehead atoms. The van der Waals surface area contributed by atoms with Crippen LogP contribution in [0.3, 0.4) is 0 Å². The Kier molecular flexibility index (Phi) is 4.81. The molecule has 3 N–H and O–H groups in total. The summed E-state index contributed by atoms with van der Waals surface area (Å²) in [6.07, 6.45) is 0.877. The van der Waals surface area contributed by atoms with Crippen LogP contribution in [0.5, 0.6) is 0 Å². The minimum atomic E-state index is -0.701. The molecule has 3 nitrogen and oxygen atoms in total. The molecule has 0 saturated heterocycles. The zero-order valence-electron chi connectivity index (χ0n) is 8.87. The normalized spacial score (nSPS) is 14.6. The minimum absolute atomic E-state index is 0.0847. The molecular formula is C9H20N2OS. The van der Waals surface area contributed by atoms with Crippen molar-refractivity contribution < 1.29 is 5.11 Å². The fourth-order valence-corrected chi connectivity index (χ4v) is 1.80. The lowest BCUT2D eigenvalue weighted by molar-refractivity contribution is 0.0390. The van der Waals surface area contributed by atoms with Gasteiger partial charge in [0, 0.05) is 6.54 Å². The van der Waals surface area contributed by atoms with Gasteiger partial charge in [-0.15, -0.1) is 0 Å². The lowest BCUT2D eigenvalue weighted by Gasteiger charge is -2.31. The standard InChI is InChI=1S/C9H20N2OS/c1-5-7(8(10)13)11(4)6-9(2,3)12/h7,12H,5-6H2,1-4H3,(H2,10,13). The molecule has 0 aliphatic rings. The number of rotatable bonds is 5. The molecule has 13 heavy (non-hydrogen) atoms. The molecule has 0 aromatic carbocycles. The Hall–Kier alpha value is -0.190. The van der Waals surface area contributed by atoms with E-state index in [1.165, 1.54) is 0 Å². The van der Waals surface area contributed by atoms with Gasteiger partial charge < -0.3 is 10.8 Å². The van der Waals surface area contributed by atoms with E-state index in [1.54, 1.807) is 13.8 Å². The van der Waals surface area contributed by atoms with Crippen molar-refractivity contribution in [1.29, 1.82) is 0 Å². The largest absolute Gasteiger partial charge is 0.392 e. The molecule has 0 aliphatic carbocycles. The van der Waals surface area contributed by atoms with Gasteiger partial charge in [-0.05, 0) is 27.3 Å². The maximum absolute atomic E-state index is 9.59. The second kappa shape index (κ2) is 4.88. The molecule has 0 aromatic heterocycles. The number of nitrogens with zero attached hydrogens (tertiary/aromatic N) is 1. The molecule has 0 heterocycles. The SMILES string of the molecule is CCC(C(N)=S)N(C)CC(C)(C)O. The molecule has 4 heteroatoms. The Morgan fingerprint density at radius 3 is 2.31 bits per heavy atom. The Balaban J connectivity index is 4.22. The lowest BCUT2D eigenvalue weighted by atomic mass is 10.1. The van der Waals surface area contributed by atoms with E-state index in [2.05, 4.69) is 0 Å². The molecule has 0 saturated carbocycles. The summed E-state index contributed by atoms with van der Waals surface area (Å²) in [6.45, 7) is 6.15. The van der Waals surface area contributed by atoms with Gasteiger partial charge in [0.25, 0.3) is 0 Å². The zero-order chi connectivity index (χ0) is 10.6. The van der Waals surface area contributed by atoms with Gasteiger partial charge in [0.2, 0.25) is 0 Å². The summed E-state index contributed by atoms with van der Waals surface area (Å²) in [7, 11) is 1.92. The third-order valence-corrected chi connectivity index (χ3v) is 2.16. The molecule has 78 valence electrons. The summed E-state index contributed by atoms with van der Waals surface area (Å²) >= 11 is 4.94. The van der Waals surface area contributed by atoms with Crippen molar-refractivity contribution >= 4 is 17.2 Å². The fraction of sp³-hybridized carbons (Fsp3) is 0.889. The van der Waals surface area contributed by atoms with Crippen molar-refractivity contribution in [3.63, 3.8) is 0 Å². The third-order valence-electron chi connectivity index (χ3n) is 1.88. The van der Waals surface area contributed by atoms with E-state index in [-0.39, 0.29) is 6.04 Å². The summed E-state index contributed by atoms with van der Waals surface area (Å²) in [5, 5.41) is 9.59. The topological polar surface area (TPSA) is 49.5 Å². The number of hydrogen-bond acceptors (Lipinski definition) is 3. The van der Waals surface area contributed by atoms with Gasteiger partial charge >= 0.3 is 0 Å². The van der Waals surface area contributed by atoms with Crippen LogP contribution in [-0.4, -0.2) is 40.2 Å². The molecule has 1 atom stereocenters. The number of nitrogens with two attached hydrogens (primary N) is 1. The quantitative estimate of drug-likeness (QED) is 0.649. The Labute approximate surface area is 85.9 Å². The van der Waals surface area contributed by atoms with Gasteiger partial charge in [-0.25, -0.2) is 0 Å². The van der Waals surface area contributed by atoms with Crippen molar-refractivity contribution in [2.24, 2.45) is 5.73 Å². The van der Waals surface area contributed by atoms with Crippen molar-refractivity contribution in [3.8, 4) is 0 Å². The van der Waals surface area contributed by atoms with E-state index < -0.39 is 5.60 Å². The summed E-state index contributed by atoms with van der Waals surface area (Å²) < 4.78 is 0. The van der Waals surface area contributed by atoms with Crippen molar-refractivity contribution in [1.82, 2.24) is 4.90 Å². The fourth-order valence-electron chi connectivity index (χ4n) is 1.45. The van der Waals surface area contributed by atoms with E-state index in [1.807, 2.05) is 18.9 Å². The molecule has 0 rings (SSSR count). The van der Waals surface area contributed by atoms with Gasteiger partial charge in [0.05, 0.1) is 16.6 Å². The maximum atomic E-state index is 9.59. The minimum Gasteiger partial charge on any atom is -0.392 e. The number of hydrogen-bond donors (Lipinski definition) is 2. The van der Waals surface area contributed by atoms with Crippen molar-refractivity contribution in [2.75, 3.05) is 13.6 Å². The van der Waals surface area contributed by atoms with Crippen LogP contribution in [-0.2, 0) is 0 Å². The first-order chi connectivity index (χ1) is 5.78. The highest BCUT2D eigenvalue weighted by Crippen LogP contribution is 2.08. The number of aliphatic hydroxyl groups is 1. The lowest BCUT2D eigenvalue weighted by Crippen LogP contribution is -2.47. The summed E-state index contributed by atoms with van der Waals surface area (Å²) in [5.74, 6) is 0. The average Bonchev–Trinajstić information content (AvgIpc) is 1.82. The van der Waals surface area contributed by atoms with E-state index in [0.29, 0.717) is 11.5 Å². The molecule has 0 aromatic rings. The van der Waals surface area contributed by atoms with Gasteiger partial charge in [0.15, 0.2) is 0 Å². The Morgan fingerprint density at radius 2 is 2.08 bits per heavy atom. The molecule has 0 spiro atoms. The molecule has 0 amide bonds. The third kappa shape index (κ3) is 5.18. The van der Waals surface area contributed by atoms with E-state index >= 15 is 0 Å². The molecular weight excluding hydrogens is 184 g/mol. The van der Waals surface area contributed by atoms with E-state index in [4.69, 9.17) is 18.0 Å². The summed E-state index contributed by atoms with van der Waals surface area (Å²) in [6, 6.07) is 0.0847. The van der Waals surface area contributed by atoms with Gasteiger partial charge in [0.1, 0.15) is 0 Å². The monoisotopic (exact) mass is 204 g/mol. The van der Waals surface area contributed by atoms with Gasteiger partial charge in [-0.3, -0.25) is 4.90 Å². The number of likely N-dealkylation sites (N-methyl/N-ethyl adjacent to an activating group) is 1. The van der Waals surface area contributed by atoms with Crippen LogP contribution in [0.15, 0.2) is 0 Å². The van der Waals surface area contributed by atoms with Gasteiger partial charge in [-0.2, -0.15) is 0 Å². The smallest absolute Gasteiger partial charge is 0.0901 e. The highest BCUT2D eigenvalue weighted by molar-refractivity contribution is 7.80. The van der Waals surface area contributed by atoms with E-state index in [0.717, 1.165) is 6.42 Å². The molecule has 0 aliphatic heterocycles. The van der Waals surface area contributed by atoms with E-state index in [9.17, 15) is 5.11 Å². The first kappa shape index (κ1) is 12.8. The van der Waals surface area contributed by atoms with Crippen LogP contribution in [0.2, 0.25) is 0 Å². The highest BCUT2D eigenvalue weighted by Gasteiger charge is 2.22. The van der Waals surface area contributed by atoms with Crippen LogP contribution < -0.4 is 5.73 Å². The first-order valence-electron chi connectivity index (χ1n) is 4.50. The second-order valence-corrected chi connectivity index (χ2v) is 4.53. The van der Waals surface area contributed by atoms with Crippen molar-refractivity contribution in [2.45, 2.75) is 38.8 Å². The first-order valence-corrected chi connectivity index (χ1v) is 4.90. The summed E-state index contributed by atoms with van der Waals surface area (Å²) in [4.78, 5) is 2.48. The predicted molar refractivity (Wildman–Crippen MR) is 59.8 cm³/mol. The van der Waals surface area contributed by atoms with Gasteiger partial charge in [-0.1, -0.05) is 19.1 Å². The predicted octanol–water partition coefficient (Wildman–Crippen LogP) is 0.754. The average molecular weight is 204 g/mol. The highest BCUT2D eigenvalue weighted by atomic mass is 32.1. The van der Waals surface area contributed by atoms with Crippen LogP contribution in [0.1, 0.15) is 27.2 Å². The maximum Gasteiger partial charge on any atom is 0.0901 e. The Morgan fingerprint density at radius 1 is 1.62 bits per heavy atom. The van der Waals surface area contributed by atoms with Crippen LogP contribution in [0.25, 0.3) is 0 Å². The molecule has 1 unspecified atom stereocenters. The zero-order valence-corrected chi connectivity index (χ0v) is 9.69. The number of thiocarbonyl (C=S) groups is 1. The summed E-state index contributed by atoms with van der Waals surface area (Å²) in [5.41, 5.74) is 4.87.